The highest BCUT2D eigenvalue weighted by Crippen LogP contribution is 2.24. The van der Waals surface area contributed by atoms with E-state index in [0.717, 1.165) is 5.04 Å². The molecule has 1 amide bonds. The van der Waals surface area contributed by atoms with E-state index in [1.54, 1.807) is 6.26 Å². The molecular weight excluding hydrogens is 272 g/mol. The van der Waals surface area contributed by atoms with Crippen molar-refractivity contribution in [2.75, 3.05) is 24.8 Å². The standard InChI is InChI=1S/C11H22N2O3S2/c1-11(2,3)8-9(13-16-10(14)12-4)17-6-7-18(5)15/h6-8H2,1-5H3,(H,12,14). The first-order valence-electron chi connectivity index (χ1n) is 5.63. The van der Waals surface area contributed by atoms with Crippen molar-refractivity contribution in [3.05, 3.63) is 0 Å². The molecule has 1 unspecified atom stereocenters. The summed E-state index contributed by atoms with van der Waals surface area (Å²) in [5.41, 5.74) is 0.0588. The molecule has 0 heterocycles. The Kier molecular flexibility index (Phi) is 8.26. The van der Waals surface area contributed by atoms with Crippen LogP contribution in [-0.2, 0) is 15.6 Å². The number of carbonyl (C=O) groups excluding carboxylic acids is 1. The second-order valence-electron chi connectivity index (χ2n) is 4.98. The first-order valence-corrected chi connectivity index (χ1v) is 8.34. The van der Waals surface area contributed by atoms with Gasteiger partial charge >= 0.3 is 6.09 Å². The number of hydrogen-bond donors (Lipinski definition) is 1. The molecule has 0 spiro atoms. The Morgan fingerprint density at radius 1 is 1.44 bits per heavy atom. The van der Waals surface area contributed by atoms with E-state index >= 15 is 0 Å². The number of thioether (sulfide) groups is 1. The molecular formula is C11H22N2O3S2. The van der Waals surface area contributed by atoms with E-state index < -0.39 is 16.9 Å². The highest BCUT2D eigenvalue weighted by molar-refractivity contribution is 8.14. The van der Waals surface area contributed by atoms with E-state index in [4.69, 9.17) is 4.84 Å². The van der Waals surface area contributed by atoms with Crippen LogP contribution >= 0.6 is 11.8 Å². The van der Waals surface area contributed by atoms with E-state index in [2.05, 4.69) is 31.2 Å². The van der Waals surface area contributed by atoms with Crippen LogP contribution in [0.4, 0.5) is 4.79 Å². The molecule has 1 N–H and O–H groups in total. The largest absolute Gasteiger partial charge is 0.433 e. The molecule has 0 fully saturated rings. The Balaban J connectivity index is 4.41. The summed E-state index contributed by atoms with van der Waals surface area (Å²) in [6.07, 6.45) is 1.80. The summed E-state index contributed by atoms with van der Waals surface area (Å²) in [6.45, 7) is 6.25. The SMILES string of the molecule is CNC(=O)ON=C(CC(C)(C)C)SCCS(C)=O. The monoisotopic (exact) mass is 294 g/mol. The van der Waals surface area contributed by atoms with Gasteiger partial charge in [0.15, 0.2) is 0 Å². The molecule has 0 rings (SSSR count). The second-order valence-corrected chi connectivity index (χ2v) is 7.70. The van der Waals surface area contributed by atoms with Gasteiger partial charge in [0.2, 0.25) is 0 Å². The van der Waals surface area contributed by atoms with Crippen LogP contribution in [0.25, 0.3) is 0 Å². The van der Waals surface area contributed by atoms with Crippen molar-refractivity contribution in [1.29, 1.82) is 0 Å². The molecule has 0 bridgehead atoms. The molecule has 0 radical (unpaired) electrons. The lowest BCUT2D eigenvalue weighted by Gasteiger charge is -2.18. The van der Waals surface area contributed by atoms with Gasteiger partial charge in [-0.1, -0.05) is 25.9 Å². The number of hydrogen-bond acceptors (Lipinski definition) is 5. The lowest BCUT2D eigenvalue weighted by Crippen LogP contribution is -2.18. The third-order valence-corrected chi connectivity index (χ3v) is 3.75. The number of amides is 1. The van der Waals surface area contributed by atoms with Crippen molar-refractivity contribution in [3.8, 4) is 0 Å². The van der Waals surface area contributed by atoms with Crippen molar-refractivity contribution < 1.29 is 13.8 Å². The van der Waals surface area contributed by atoms with Gasteiger partial charge in [-0.25, -0.2) is 4.79 Å². The lowest BCUT2D eigenvalue weighted by atomic mass is 9.93. The molecule has 106 valence electrons. The summed E-state index contributed by atoms with van der Waals surface area (Å²) in [7, 11) is 0.665. The quantitative estimate of drug-likeness (QED) is 0.365. The first-order chi connectivity index (χ1) is 8.24. The van der Waals surface area contributed by atoms with Crippen LogP contribution in [0.3, 0.4) is 0 Å². The van der Waals surface area contributed by atoms with Crippen LogP contribution in [-0.4, -0.2) is 40.2 Å². The second kappa shape index (κ2) is 8.53. The minimum atomic E-state index is -0.815. The van der Waals surface area contributed by atoms with Gasteiger partial charge in [-0.3, -0.25) is 9.05 Å². The third kappa shape index (κ3) is 10.6. The molecule has 0 aromatic heterocycles. The molecule has 0 saturated heterocycles. The van der Waals surface area contributed by atoms with Gasteiger partial charge in [0.25, 0.3) is 0 Å². The van der Waals surface area contributed by atoms with Crippen molar-refractivity contribution >= 4 is 33.7 Å². The van der Waals surface area contributed by atoms with E-state index in [1.165, 1.54) is 18.8 Å². The van der Waals surface area contributed by atoms with Gasteiger partial charge in [0.1, 0.15) is 5.04 Å². The minimum absolute atomic E-state index is 0.0588. The van der Waals surface area contributed by atoms with Crippen LogP contribution in [0, 0.1) is 5.41 Å². The molecule has 18 heavy (non-hydrogen) atoms. The van der Waals surface area contributed by atoms with E-state index in [1.807, 2.05) is 0 Å². The van der Waals surface area contributed by atoms with Gasteiger partial charge in [-0.2, -0.15) is 0 Å². The zero-order chi connectivity index (χ0) is 14.2. The zero-order valence-electron chi connectivity index (χ0n) is 11.6. The summed E-state index contributed by atoms with van der Waals surface area (Å²) in [6, 6.07) is 0. The van der Waals surface area contributed by atoms with E-state index in [0.29, 0.717) is 17.9 Å². The topological polar surface area (TPSA) is 67.8 Å². The van der Waals surface area contributed by atoms with Crippen molar-refractivity contribution in [1.82, 2.24) is 5.32 Å². The molecule has 0 aromatic rings. The lowest BCUT2D eigenvalue weighted by molar-refractivity contribution is 0.153. The summed E-state index contributed by atoms with van der Waals surface area (Å²) in [5.74, 6) is 1.31. The van der Waals surface area contributed by atoms with Crippen LogP contribution in [0.5, 0.6) is 0 Å². The van der Waals surface area contributed by atoms with Crippen molar-refractivity contribution in [2.45, 2.75) is 27.2 Å². The number of nitrogens with zero attached hydrogens (tertiary/aromatic N) is 1. The molecule has 1 atom stereocenters. The van der Waals surface area contributed by atoms with E-state index in [9.17, 15) is 9.00 Å². The molecule has 5 nitrogen and oxygen atoms in total. The maximum atomic E-state index is 11.0. The van der Waals surface area contributed by atoms with Gasteiger partial charge < -0.3 is 5.32 Å². The highest BCUT2D eigenvalue weighted by atomic mass is 32.2. The minimum Gasteiger partial charge on any atom is -0.323 e. The highest BCUT2D eigenvalue weighted by Gasteiger charge is 2.16. The van der Waals surface area contributed by atoms with Crippen molar-refractivity contribution in [2.24, 2.45) is 10.6 Å². The smallest absolute Gasteiger partial charge is 0.323 e. The predicted molar refractivity (Wildman–Crippen MR) is 78.4 cm³/mol. The third-order valence-electron chi connectivity index (χ3n) is 1.76. The maximum absolute atomic E-state index is 11.0. The number of oxime groups is 1. The summed E-state index contributed by atoms with van der Waals surface area (Å²) in [4.78, 5) is 15.7. The molecule has 0 aliphatic rings. The van der Waals surface area contributed by atoms with Crippen LogP contribution in [0.1, 0.15) is 27.2 Å². The molecule has 7 heteroatoms. The fraction of sp³-hybridized carbons (Fsp3) is 0.818. The fourth-order valence-electron chi connectivity index (χ4n) is 0.978. The Hall–Kier alpha value is -0.560. The van der Waals surface area contributed by atoms with E-state index in [-0.39, 0.29) is 5.41 Å². The summed E-state index contributed by atoms with van der Waals surface area (Å²) in [5, 5.41) is 6.92. The Morgan fingerprint density at radius 3 is 2.50 bits per heavy atom. The van der Waals surface area contributed by atoms with Gasteiger partial charge in [-0.05, 0) is 5.41 Å². The van der Waals surface area contributed by atoms with Gasteiger partial charge in [-0.15, -0.1) is 11.8 Å². The first kappa shape index (κ1) is 17.4. The number of rotatable bonds is 5. The number of carbonyl (C=O) groups is 1. The fourth-order valence-corrected chi connectivity index (χ4v) is 3.11. The summed E-state index contributed by atoms with van der Waals surface area (Å²) < 4.78 is 11.0. The normalized spacial score (nSPS) is 14.2. The average molecular weight is 294 g/mol. The average Bonchev–Trinajstić information content (AvgIpc) is 2.22. The zero-order valence-corrected chi connectivity index (χ0v) is 13.2. The molecule has 0 saturated carbocycles. The summed E-state index contributed by atoms with van der Waals surface area (Å²) >= 11 is 1.48. The molecule has 0 aliphatic carbocycles. The van der Waals surface area contributed by atoms with Crippen molar-refractivity contribution in [3.63, 3.8) is 0 Å². The van der Waals surface area contributed by atoms with Crippen LogP contribution < -0.4 is 5.32 Å². The Bertz CT molecular complexity index is 325. The van der Waals surface area contributed by atoms with Crippen LogP contribution in [0.2, 0.25) is 0 Å². The molecule has 0 aliphatic heterocycles. The molecule has 0 aromatic carbocycles. The number of nitrogens with one attached hydrogen (secondary N) is 1. The van der Waals surface area contributed by atoms with Crippen LogP contribution in [0.15, 0.2) is 5.16 Å². The Morgan fingerprint density at radius 2 is 2.06 bits per heavy atom. The van der Waals surface area contributed by atoms with Gasteiger partial charge in [0.05, 0.1) is 0 Å². The Labute approximate surface area is 116 Å². The van der Waals surface area contributed by atoms with Gasteiger partial charge in [0, 0.05) is 42.0 Å². The predicted octanol–water partition coefficient (Wildman–Crippen LogP) is 2.20. The maximum Gasteiger partial charge on any atom is 0.433 e.